The molecule has 1 heterocycles. The van der Waals surface area contributed by atoms with Crippen LogP contribution < -0.4 is 0 Å². The van der Waals surface area contributed by atoms with Gasteiger partial charge in [-0.05, 0) is 24.6 Å². The highest BCUT2D eigenvalue weighted by Gasteiger charge is 2.15. The minimum Gasteiger partial charge on any atom is -0.464 e. The summed E-state index contributed by atoms with van der Waals surface area (Å²) >= 11 is 0. The lowest BCUT2D eigenvalue weighted by Crippen LogP contribution is -2.12. The van der Waals surface area contributed by atoms with E-state index >= 15 is 0 Å². The zero-order valence-electron chi connectivity index (χ0n) is 10.5. The zero-order valence-corrected chi connectivity index (χ0v) is 10.5. The third kappa shape index (κ3) is 2.78. The van der Waals surface area contributed by atoms with Crippen LogP contribution in [-0.2, 0) is 11.3 Å². The van der Waals surface area contributed by atoms with Gasteiger partial charge in [0.1, 0.15) is 23.2 Å². The van der Waals surface area contributed by atoms with E-state index < -0.39 is 17.6 Å². The van der Waals surface area contributed by atoms with E-state index in [0.717, 1.165) is 6.07 Å². The number of imidazole rings is 1. The normalized spacial score (nSPS) is 10.5. The number of esters is 1. The Morgan fingerprint density at radius 3 is 2.53 bits per heavy atom. The molecule has 0 saturated carbocycles. The van der Waals surface area contributed by atoms with Crippen LogP contribution in [0.5, 0.6) is 0 Å². The van der Waals surface area contributed by atoms with Crippen LogP contribution in [0.4, 0.5) is 8.78 Å². The number of halogens is 2. The maximum atomic E-state index is 13.1. The van der Waals surface area contributed by atoms with Crippen molar-refractivity contribution in [2.24, 2.45) is 0 Å². The predicted molar refractivity (Wildman–Crippen MR) is 63.8 cm³/mol. The lowest BCUT2D eigenvalue weighted by molar-refractivity contribution is 0.0588. The number of carbonyl (C=O) groups excluding carboxylic acids is 1. The van der Waals surface area contributed by atoms with Gasteiger partial charge in [0.05, 0.1) is 13.3 Å². The largest absolute Gasteiger partial charge is 0.464 e. The van der Waals surface area contributed by atoms with Gasteiger partial charge in [-0.25, -0.2) is 18.6 Å². The maximum absolute atomic E-state index is 13.1. The summed E-state index contributed by atoms with van der Waals surface area (Å²) in [6, 6.07) is 3.22. The molecule has 0 unspecified atom stereocenters. The number of aryl methyl sites for hydroxylation is 1. The van der Waals surface area contributed by atoms with Crippen LogP contribution >= 0.6 is 0 Å². The van der Waals surface area contributed by atoms with Crippen molar-refractivity contribution in [3.63, 3.8) is 0 Å². The van der Waals surface area contributed by atoms with E-state index in [1.54, 1.807) is 11.5 Å². The van der Waals surface area contributed by atoms with Gasteiger partial charge >= 0.3 is 5.97 Å². The SMILES string of the molecule is COC(=O)c1cnc(C)n1Cc1cc(F)cc(F)c1. The molecular weight excluding hydrogens is 254 g/mol. The van der Waals surface area contributed by atoms with Crippen molar-refractivity contribution in [3.05, 3.63) is 53.1 Å². The monoisotopic (exact) mass is 266 g/mol. The Labute approximate surface area is 108 Å². The summed E-state index contributed by atoms with van der Waals surface area (Å²) < 4.78 is 32.4. The molecule has 6 heteroatoms. The number of hydrogen-bond donors (Lipinski definition) is 0. The lowest BCUT2D eigenvalue weighted by atomic mass is 10.2. The summed E-state index contributed by atoms with van der Waals surface area (Å²) in [5.41, 5.74) is 0.647. The number of carbonyl (C=O) groups is 1. The molecule has 0 radical (unpaired) electrons. The minimum absolute atomic E-state index is 0.144. The first-order chi connectivity index (χ1) is 9.01. The molecule has 0 aliphatic rings. The highest BCUT2D eigenvalue weighted by atomic mass is 19.1. The smallest absolute Gasteiger partial charge is 0.356 e. The molecule has 1 aromatic heterocycles. The molecule has 2 rings (SSSR count). The van der Waals surface area contributed by atoms with Gasteiger partial charge in [-0.3, -0.25) is 0 Å². The van der Waals surface area contributed by atoms with Gasteiger partial charge in [0.15, 0.2) is 0 Å². The number of hydrogen-bond acceptors (Lipinski definition) is 3. The van der Waals surface area contributed by atoms with Crippen molar-refractivity contribution >= 4 is 5.97 Å². The molecule has 4 nitrogen and oxygen atoms in total. The number of ether oxygens (including phenoxy) is 1. The highest BCUT2D eigenvalue weighted by Crippen LogP contribution is 2.13. The van der Waals surface area contributed by atoms with E-state index in [1.165, 1.54) is 25.4 Å². The van der Waals surface area contributed by atoms with Crippen LogP contribution in [0.1, 0.15) is 21.9 Å². The Bertz CT molecular complexity index is 603. The molecule has 1 aromatic carbocycles. The standard InChI is InChI=1S/C13H12F2N2O2/c1-8-16-6-12(13(18)19-2)17(8)7-9-3-10(14)5-11(15)4-9/h3-6H,7H2,1-2H3. The molecule has 0 bridgehead atoms. The van der Waals surface area contributed by atoms with E-state index in [-0.39, 0.29) is 12.2 Å². The number of aromatic nitrogens is 2. The lowest BCUT2D eigenvalue weighted by Gasteiger charge is -2.09. The molecular formula is C13H12F2N2O2. The van der Waals surface area contributed by atoms with E-state index in [9.17, 15) is 13.6 Å². The van der Waals surface area contributed by atoms with Gasteiger partial charge in [-0.1, -0.05) is 0 Å². The Kier molecular flexibility index (Phi) is 3.59. The fraction of sp³-hybridized carbons (Fsp3) is 0.231. The third-order valence-electron chi connectivity index (χ3n) is 2.71. The number of rotatable bonds is 3. The second kappa shape index (κ2) is 5.17. The van der Waals surface area contributed by atoms with Crippen LogP contribution in [0.15, 0.2) is 24.4 Å². The maximum Gasteiger partial charge on any atom is 0.356 e. The van der Waals surface area contributed by atoms with E-state index in [0.29, 0.717) is 11.4 Å². The van der Waals surface area contributed by atoms with E-state index in [4.69, 9.17) is 0 Å². The van der Waals surface area contributed by atoms with Gasteiger partial charge < -0.3 is 9.30 Å². The Morgan fingerprint density at radius 2 is 1.95 bits per heavy atom. The van der Waals surface area contributed by atoms with Crippen LogP contribution in [0.25, 0.3) is 0 Å². The number of benzene rings is 1. The minimum atomic E-state index is -0.660. The molecule has 2 aromatic rings. The van der Waals surface area contributed by atoms with Crippen LogP contribution in [0, 0.1) is 18.6 Å². The molecule has 0 amide bonds. The van der Waals surface area contributed by atoms with Crippen LogP contribution in [-0.4, -0.2) is 22.6 Å². The summed E-state index contributed by atoms with van der Waals surface area (Å²) in [5.74, 6) is -1.30. The van der Waals surface area contributed by atoms with Crippen molar-refractivity contribution in [2.75, 3.05) is 7.11 Å². The molecule has 0 aliphatic heterocycles. The first-order valence-corrected chi connectivity index (χ1v) is 5.56. The second-order valence-electron chi connectivity index (χ2n) is 4.05. The van der Waals surface area contributed by atoms with Crippen LogP contribution in [0.3, 0.4) is 0 Å². The third-order valence-corrected chi connectivity index (χ3v) is 2.71. The van der Waals surface area contributed by atoms with Crippen molar-refractivity contribution in [1.29, 1.82) is 0 Å². The average molecular weight is 266 g/mol. The average Bonchev–Trinajstić information content (AvgIpc) is 2.69. The fourth-order valence-corrected chi connectivity index (χ4v) is 1.82. The summed E-state index contributed by atoms with van der Waals surface area (Å²) in [6.45, 7) is 1.84. The Balaban J connectivity index is 2.37. The molecule has 0 saturated heterocycles. The fourth-order valence-electron chi connectivity index (χ4n) is 1.82. The predicted octanol–water partition coefficient (Wildman–Crippen LogP) is 2.30. The second-order valence-corrected chi connectivity index (χ2v) is 4.05. The zero-order chi connectivity index (χ0) is 14.0. The molecule has 19 heavy (non-hydrogen) atoms. The Morgan fingerprint density at radius 1 is 1.32 bits per heavy atom. The van der Waals surface area contributed by atoms with Gasteiger partial charge in [0, 0.05) is 12.6 Å². The summed E-state index contributed by atoms with van der Waals surface area (Å²) in [6.07, 6.45) is 1.37. The van der Waals surface area contributed by atoms with Gasteiger partial charge in [0.25, 0.3) is 0 Å². The summed E-state index contributed by atoms with van der Waals surface area (Å²) in [5, 5.41) is 0. The Hall–Kier alpha value is -2.24. The van der Waals surface area contributed by atoms with Gasteiger partial charge in [-0.2, -0.15) is 0 Å². The summed E-state index contributed by atoms with van der Waals surface area (Å²) in [7, 11) is 1.26. The molecule has 0 spiro atoms. The highest BCUT2D eigenvalue weighted by molar-refractivity contribution is 5.87. The summed E-state index contributed by atoms with van der Waals surface area (Å²) in [4.78, 5) is 15.5. The molecule has 0 N–H and O–H groups in total. The molecule has 0 aliphatic carbocycles. The van der Waals surface area contributed by atoms with Crippen molar-refractivity contribution < 1.29 is 18.3 Å². The quantitative estimate of drug-likeness (QED) is 0.801. The van der Waals surface area contributed by atoms with E-state index in [1.807, 2.05) is 0 Å². The van der Waals surface area contributed by atoms with Gasteiger partial charge in [-0.15, -0.1) is 0 Å². The van der Waals surface area contributed by atoms with Gasteiger partial charge in [0.2, 0.25) is 0 Å². The molecule has 0 atom stereocenters. The van der Waals surface area contributed by atoms with Crippen molar-refractivity contribution in [2.45, 2.75) is 13.5 Å². The molecule has 0 fully saturated rings. The first-order valence-electron chi connectivity index (χ1n) is 5.56. The van der Waals surface area contributed by atoms with E-state index in [2.05, 4.69) is 9.72 Å². The topological polar surface area (TPSA) is 44.1 Å². The van der Waals surface area contributed by atoms with Crippen LogP contribution in [0.2, 0.25) is 0 Å². The number of nitrogens with zero attached hydrogens (tertiary/aromatic N) is 2. The molecule has 100 valence electrons. The first kappa shape index (κ1) is 13.2. The number of methoxy groups -OCH3 is 1. The van der Waals surface area contributed by atoms with Crippen molar-refractivity contribution in [3.8, 4) is 0 Å². The van der Waals surface area contributed by atoms with Crippen molar-refractivity contribution in [1.82, 2.24) is 9.55 Å².